The lowest BCUT2D eigenvalue weighted by atomic mass is 9.91. The van der Waals surface area contributed by atoms with Crippen molar-refractivity contribution >= 4 is 29.3 Å². The SMILES string of the molecule is COc1ccncc1NC(=O)[C@@H]1CSCN1C(=O)CC(C)(C)C. The van der Waals surface area contributed by atoms with Gasteiger partial charge in [-0.2, -0.15) is 0 Å². The molecule has 0 aliphatic carbocycles. The number of aromatic nitrogens is 1. The summed E-state index contributed by atoms with van der Waals surface area (Å²) in [6, 6.07) is 1.22. The van der Waals surface area contributed by atoms with Crippen LogP contribution in [0.2, 0.25) is 0 Å². The number of rotatable bonds is 4. The molecule has 6 nitrogen and oxygen atoms in total. The smallest absolute Gasteiger partial charge is 0.248 e. The molecule has 1 aromatic heterocycles. The number of nitrogens with zero attached hydrogens (tertiary/aromatic N) is 2. The van der Waals surface area contributed by atoms with Gasteiger partial charge in [0.25, 0.3) is 0 Å². The number of amides is 2. The van der Waals surface area contributed by atoms with Crippen molar-refractivity contribution in [2.45, 2.75) is 33.2 Å². The lowest BCUT2D eigenvalue weighted by Gasteiger charge is -2.27. The summed E-state index contributed by atoms with van der Waals surface area (Å²) >= 11 is 1.59. The molecule has 0 bridgehead atoms. The lowest BCUT2D eigenvalue weighted by Crippen LogP contribution is -2.45. The molecule has 1 fully saturated rings. The van der Waals surface area contributed by atoms with Crippen LogP contribution in [0.3, 0.4) is 0 Å². The van der Waals surface area contributed by atoms with Crippen molar-refractivity contribution in [1.82, 2.24) is 9.88 Å². The second-order valence-corrected chi connectivity index (χ2v) is 7.68. The minimum absolute atomic E-state index is 0.0146. The van der Waals surface area contributed by atoms with Crippen LogP contribution in [0.4, 0.5) is 5.69 Å². The van der Waals surface area contributed by atoms with E-state index in [0.717, 1.165) is 0 Å². The highest BCUT2D eigenvalue weighted by molar-refractivity contribution is 7.99. The van der Waals surface area contributed by atoms with Crippen molar-refractivity contribution in [3.63, 3.8) is 0 Å². The van der Waals surface area contributed by atoms with E-state index in [4.69, 9.17) is 4.74 Å². The van der Waals surface area contributed by atoms with Crippen molar-refractivity contribution < 1.29 is 14.3 Å². The minimum Gasteiger partial charge on any atom is -0.494 e. The van der Waals surface area contributed by atoms with Gasteiger partial charge >= 0.3 is 0 Å². The number of nitrogens with one attached hydrogen (secondary N) is 1. The molecule has 1 aliphatic rings. The summed E-state index contributed by atoms with van der Waals surface area (Å²) in [5.41, 5.74) is 0.415. The molecule has 23 heavy (non-hydrogen) atoms. The molecular weight excluding hydrogens is 314 g/mol. The topological polar surface area (TPSA) is 71.5 Å². The Hall–Kier alpha value is -1.76. The van der Waals surface area contributed by atoms with Crippen LogP contribution >= 0.6 is 11.8 Å². The Morgan fingerprint density at radius 1 is 1.48 bits per heavy atom. The first-order chi connectivity index (χ1) is 10.8. The third-order valence-electron chi connectivity index (χ3n) is 3.45. The quantitative estimate of drug-likeness (QED) is 0.913. The summed E-state index contributed by atoms with van der Waals surface area (Å²) in [7, 11) is 1.54. The number of anilines is 1. The molecule has 2 rings (SSSR count). The number of ether oxygens (including phenoxy) is 1. The van der Waals surface area contributed by atoms with Gasteiger partial charge in [-0.15, -0.1) is 11.8 Å². The standard InChI is InChI=1S/C16H23N3O3S/c1-16(2,3)7-14(20)19-10-23-9-12(19)15(21)18-11-8-17-6-5-13(11)22-4/h5-6,8,12H,7,9-10H2,1-4H3,(H,18,21)/t12-/m0/s1. The van der Waals surface area contributed by atoms with E-state index in [0.29, 0.717) is 29.5 Å². The lowest BCUT2D eigenvalue weighted by molar-refractivity contribution is -0.137. The summed E-state index contributed by atoms with van der Waals surface area (Å²) in [5, 5.41) is 2.82. The van der Waals surface area contributed by atoms with E-state index in [9.17, 15) is 9.59 Å². The average Bonchev–Trinajstić information content (AvgIpc) is 2.95. The number of carbonyl (C=O) groups is 2. The van der Waals surface area contributed by atoms with Crippen LogP contribution in [-0.2, 0) is 9.59 Å². The van der Waals surface area contributed by atoms with Crippen LogP contribution in [0.25, 0.3) is 0 Å². The zero-order valence-corrected chi connectivity index (χ0v) is 14.8. The van der Waals surface area contributed by atoms with Gasteiger partial charge in [-0.05, 0) is 5.41 Å². The molecule has 0 radical (unpaired) electrons. The van der Waals surface area contributed by atoms with Gasteiger partial charge in [0.2, 0.25) is 11.8 Å². The van der Waals surface area contributed by atoms with Crippen molar-refractivity contribution in [2.75, 3.05) is 24.1 Å². The molecule has 126 valence electrons. The predicted molar refractivity (Wildman–Crippen MR) is 91.4 cm³/mol. The number of hydrogen-bond donors (Lipinski definition) is 1. The van der Waals surface area contributed by atoms with Crippen LogP contribution in [0.5, 0.6) is 5.75 Å². The molecule has 1 aliphatic heterocycles. The molecule has 2 amide bonds. The number of thioether (sulfide) groups is 1. The molecule has 1 N–H and O–H groups in total. The number of methoxy groups -OCH3 is 1. The average molecular weight is 337 g/mol. The molecular formula is C16H23N3O3S. The van der Waals surface area contributed by atoms with Gasteiger partial charge in [0, 0.05) is 24.4 Å². The normalized spacial score (nSPS) is 17.9. The van der Waals surface area contributed by atoms with Crippen LogP contribution in [-0.4, -0.2) is 46.5 Å². The molecule has 1 aromatic rings. The Balaban J connectivity index is 2.07. The molecule has 2 heterocycles. The first-order valence-electron chi connectivity index (χ1n) is 7.48. The van der Waals surface area contributed by atoms with E-state index in [1.54, 1.807) is 35.1 Å². The maximum atomic E-state index is 12.6. The third kappa shape index (κ3) is 4.60. The first kappa shape index (κ1) is 17.6. The van der Waals surface area contributed by atoms with Gasteiger partial charge in [0.15, 0.2) is 0 Å². The second kappa shape index (κ2) is 7.21. The highest BCUT2D eigenvalue weighted by Crippen LogP contribution is 2.28. The zero-order valence-electron chi connectivity index (χ0n) is 14.0. The van der Waals surface area contributed by atoms with Gasteiger partial charge in [-0.3, -0.25) is 14.6 Å². The zero-order chi connectivity index (χ0) is 17.0. The molecule has 1 atom stereocenters. The summed E-state index contributed by atoms with van der Waals surface area (Å²) in [6.45, 7) is 6.05. The molecule has 0 unspecified atom stereocenters. The molecule has 7 heteroatoms. The molecule has 0 spiro atoms. The highest BCUT2D eigenvalue weighted by Gasteiger charge is 2.36. The van der Waals surface area contributed by atoms with E-state index in [-0.39, 0.29) is 17.2 Å². The Labute approximate surface area is 141 Å². The van der Waals surface area contributed by atoms with Crippen LogP contribution in [0, 0.1) is 5.41 Å². The van der Waals surface area contributed by atoms with E-state index in [1.807, 2.05) is 20.8 Å². The summed E-state index contributed by atoms with van der Waals surface area (Å²) in [5.74, 6) is 1.51. The summed E-state index contributed by atoms with van der Waals surface area (Å²) in [4.78, 5) is 30.7. The molecule has 1 saturated heterocycles. The summed E-state index contributed by atoms with van der Waals surface area (Å²) in [6.07, 6.45) is 3.56. The van der Waals surface area contributed by atoms with Crippen molar-refractivity contribution in [3.8, 4) is 5.75 Å². The van der Waals surface area contributed by atoms with Gasteiger partial charge in [-0.1, -0.05) is 20.8 Å². The fourth-order valence-corrected chi connectivity index (χ4v) is 3.51. The Morgan fingerprint density at radius 3 is 2.87 bits per heavy atom. The number of carbonyl (C=O) groups excluding carboxylic acids is 2. The summed E-state index contributed by atoms with van der Waals surface area (Å²) < 4.78 is 5.21. The van der Waals surface area contributed by atoms with Crippen LogP contribution in [0.1, 0.15) is 27.2 Å². The predicted octanol–water partition coefficient (Wildman–Crippen LogP) is 2.37. The van der Waals surface area contributed by atoms with Crippen LogP contribution in [0.15, 0.2) is 18.5 Å². The van der Waals surface area contributed by atoms with Crippen LogP contribution < -0.4 is 10.1 Å². The maximum Gasteiger partial charge on any atom is 0.248 e. The number of pyridine rings is 1. The Bertz CT molecular complexity index is 586. The van der Waals surface area contributed by atoms with E-state index in [2.05, 4.69) is 10.3 Å². The fraction of sp³-hybridized carbons (Fsp3) is 0.562. The highest BCUT2D eigenvalue weighted by atomic mass is 32.2. The molecule has 0 saturated carbocycles. The van der Waals surface area contributed by atoms with Gasteiger partial charge in [0.05, 0.1) is 19.2 Å². The van der Waals surface area contributed by atoms with Gasteiger partial charge in [-0.25, -0.2) is 0 Å². The van der Waals surface area contributed by atoms with Crippen molar-refractivity contribution in [2.24, 2.45) is 5.41 Å². The Kier molecular flexibility index (Phi) is 5.51. The minimum atomic E-state index is -0.459. The largest absolute Gasteiger partial charge is 0.494 e. The van der Waals surface area contributed by atoms with Crippen molar-refractivity contribution in [3.05, 3.63) is 18.5 Å². The first-order valence-corrected chi connectivity index (χ1v) is 8.63. The Morgan fingerprint density at radius 2 is 2.22 bits per heavy atom. The van der Waals surface area contributed by atoms with E-state index in [1.165, 1.54) is 7.11 Å². The maximum absolute atomic E-state index is 12.6. The van der Waals surface area contributed by atoms with E-state index < -0.39 is 6.04 Å². The third-order valence-corrected chi connectivity index (χ3v) is 4.46. The van der Waals surface area contributed by atoms with Gasteiger partial charge in [0.1, 0.15) is 17.5 Å². The van der Waals surface area contributed by atoms with E-state index >= 15 is 0 Å². The molecule has 0 aromatic carbocycles. The second-order valence-electron chi connectivity index (χ2n) is 6.68. The van der Waals surface area contributed by atoms with Crippen molar-refractivity contribution in [1.29, 1.82) is 0 Å². The monoisotopic (exact) mass is 337 g/mol. The van der Waals surface area contributed by atoms with Gasteiger partial charge < -0.3 is 15.0 Å². The number of hydrogen-bond acceptors (Lipinski definition) is 5. The fourth-order valence-electron chi connectivity index (χ4n) is 2.33.